The highest BCUT2D eigenvalue weighted by atomic mass is 79.9. The Morgan fingerprint density at radius 3 is 2.89 bits per heavy atom. The molecule has 6 heteroatoms. The Morgan fingerprint density at radius 2 is 2.26 bits per heavy atom. The first-order valence-corrected chi connectivity index (χ1v) is 6.95. The average molecular weight is 330 g/mol. The van der Waals surface area contributed by atoms with Crippen molar-refractivity contribution in [1.82, 2.24) is 5.32 Å². The Labute approximate surface area is 120 Å². The van der Waals surface area contributed by atoms with Crippen molar-refractivity contribution in [3.05, 3.63) is 34.1 Å². The number of rotatable bonds is 6. The lowest BCUT2D eigenvalue weighted by Gasteiger charge is -2.15. The minimum atomic E-state index is -0.211. The number of nitrogens with zero attached hydrogens (tertiary/aromatic N) is 1. The van der Waals surface area contributed by atoms with Crippen LogP contribution in [0.3, 0.4) is 0 Å². The first-order valence-electron chi connectivity index (χ1n) is 6.16. The van der Waals surface area contributed by atoms with Gasteiger partial charge in [0.2, 0.25) is 0 Å². The van der Waals surface area contributed by atoms with Crippen LogP contribution < -0.4 is 11.1 Å². The highest BCUT2D eigenvalue weighted by Gasteiger charge is 2.42. The van der Waals surface area contributed by atoms with Gasteiger partial charge in [-0.1, -0.05) is 21.1 Å². The average Bonchev–Trinajstić information content (AvgIpc) is 3.13. The summed E-state index contributed by atoms with van der Waals surface area (Å²) in [5.74, 6) is 0.0462. The van der Waals surface area contributed by atoms with Gasteiger partial charge >= 0.3 is 0 Å². The fraction of sp³-hybridized carbons (Fsp3) is 0.462. The van der Waals surface area contributed by atoms with Gasteiger partial charge < -0.3 is 16.3 Å². The van der Waals surface area contributed by atoms with E-state index in [9.17, 15) is 4.39 Å². The molecule has 0 unspecified atom stereocenters. The van der Waals surface area contributed by atoms with Gasteiger partial charge in [-0.25, -0.2) is 4.39 Å². The van der Waals surface area contributed by atoms with Gasteiger partial charge in [0.1, 0.15) is 11.7 Å². The largest absolute Gasteiger partial charge is 0.409 e. The molecule has 0 bridgehead atoms. The van der Waals surface area contributed by atoms with E-state index in [0.717, 1.165) is 23.9 Å². The van der Waals surface area contributed by atoms with Crippen molar-refractivity contribution in [2.45, 2.75) is 25.8 Å². The lowest BCUT2D eigenvalue weighted by atomic mass is 10.0. The van der Waals surface area contributed by atoms with Crippen molar-refractivity contribution in [2.24, 2.45) is 16.3 Å². The highest BCUT2D eigenvalue weighted by Crippen LogP contribution is 2.48. The predicted molar refractivity (Wildman–Crippen MR) is 75.5 cm³/mol. The summed E-state index contributed by atoms with van der Waals surface area (Å²) in [7, 11) is 0. The number of nitrogens with one attached hydrogen (secondary N) is 1. The van der Waals surface area contributed by atoms with Gasteiger partial charge in [-0.15, -0.1) is 0 Å². The molecule has 0 spiro atoms. The van der Waals surface area contributed by atoms with Gasteiger partial charge in [0.25, 0.3) is 0 Å². The van der Waals surface area contributed by atoms with E-state index < -0.39 is 0 Å². The van der Waals surface area contributed by atoms with Crippen LogP contribution >= 0.6 is 15.9 Å². The van der Waals surface area contributed by atoms with Crippen molar-refractivity contribution in [2.75, 3.05) is 6.54 Å². The third-order valence-corrected chi connectivity index (χ3v) is 3.96. The Hall–Kier alpha value is -1.14. The van der Waals surface area contributed by atoms with Gasteiger partial charge in [-0.3, -0.25) is 0 Å². The van der Waals surface area contributed by atoms with Gasteiger partial charge in [0.05, 0.1) is 0 Å². The number of nitrogens with two attached hydrogens (primary N) is 1. The molecule has 0 heterocycles. The molecule has 0 saturated heterocycles. The van der Waals surface area contributed by atoms with Crippen molar-refractivity contribution in [3.8, 4) is 0 Å². The van der Waals surface area contributed by atoms with Gasteiger partial charge in [0, 0.05) is 29.5 Å². The highest BCUT2D eigenvalue weighted by molar-refractivity contribution is 9.10. The van der Waals surface area contributed by atoms with Crippen molar-refractivity contribution in [3.63, 3.8) is 0 Å². The zero-order valence-electron chi connectivity index (χ0n) is 10.5. The van der Waals surface area contributed by atoms with Crippen LogP contribution in [-0.4, -0.2) is 17.6 Å². The summed E-state index contributed by atoms with van der Waals surface area (Å²) >= 11 is 3.33. The number of oxime groups is 1. The molecular formula is C13H17BrFN3O. The van der Waals surface area contributed by atoms with Gasteiger partial charge in [-0.2, -0.15) is 0 Å². The van der Waals surface area contributed by atoms with E-state index in [1.54, 1.807) is 12.1 Å². The topological polar surface area (TPSA) is 70.6 Å². The van der Waals surface area contributed by atoms with Crippen molar-refractivity contribution >= 4 is 21.8 Å². The van der Waals surface area contributed by atoms with Crippen LogP contribution in [0.1, 0.15) is 24.8 Å². The van der Waals surface area contributed by atoms with Crippen LogP contribution in [-0.2, 0) is 6.54 Å². The lowest BCUT2D eigenvalue weighted by molar-refractivity contribution is 0.314. The second-order valence-electron chi connectivity index (χ2n) is 5.11. The maximum Gasteiger partial charge on any atom is 0.139 e. The summed E-state index contributed by atoms with van der Waals surface area (Å²) in [6, 6.07) is 4.90. The van der Waals surface area contributed by atoms with Crippen molar-refractivity contribution in [1.29, 1.82) is 0 Å². The Balaban J connectivity index is 1.85. The molecule has 4 nitrogen and oxygen atoms in total. The zero-order chi connectivity index (χ0) is 13.9. The molecule has 1 aliphatic rings. The number of amidine groups is 1. The number of benzene rings is 1. The molecule has 4 N–H and O–H groups in total. The number of hydrogen-bond donors (Lipinski definition) is 3. The molecule has 1 fully saturated rings. The lowest BCUT2D eigenvalue weighted by Crippen LogP contribution is -2.28. The maximum atomic E-state index is 13.5. The summed E-state index contributed by atoms with van der Waals surface area (Å²) in [5, 5.41) is 14.8. The third kappa shape index (κ3) is 3.91. The second kappa shape index (κ2) is 5.88. The molecule has 0 aromatic heterocycles. The SMILES string of the molecule is NC(CC1(CNCc2cc(Br)ccc2F)CC1)=NO. The Bertz CT molecular complexity index is 489. The molecule has 0 amide bonds. The molecule has 0 radical (unpaired) electrons. The third-order valence-electron chi connectivity index (χ3n) is 3.46. The predicted octanol–water partition coefficient (Wildman–Crippen LogP) is 2.59. The quantitative estimate of drug-likeness (QED) is 0.325. The molecule has 2 rings (SSSR count). The summed E-state index contributed by atoms with van der Waals surface area (Å²) < 4.78 is 14.4. The normalized spacial score (nSPS) is 17.5. The van der Waals surface area contributed by atoms with E-state index in [1.165, 1.54) is 6.07 Å². The first-order chi connectivity index (χ1) is 9.04. The number of halogens is 2. The van der Waals surface area contributed by atoms with Crippen molar-refractivity contribution < 1.29 is 9.60 Å². The van der Waals surface area contributed by atoms with E-state index in [2.05, 4.69) is 26.4 Å². The van der Waals surface area contributed by atoms with Gasteiger partial charge in [-0.05, 0) is 36.5 Å². The minimum Gasteiger partial charge on any atom is -0.409 e. The smallest absolute Gasteiger partial charge is 0.139 e. The summed E-state index contributed by atoms with van der Waals surface area (Å²) in [6.07, 6.45) is 2.69. The fourth-order valence-electron chi connectivity index (χ4n) is 2.15. The van der Waals surface area contributed by atoms with Crippen LogP contribution in [0.15, 0.2) is 27.8 Å². The fourth-order valence-corrected chi connectivity index (χ4v) is 2.56. The second-order valence-corrected chi connectivity index (χ2v) is 6.02. The molecule has 0 aliphatic heterocycles. The zero-order valence-corrected chi connectivity index (χ0v) is 12.1. The van der Waals surface area contributed by atoms with Crippen LogP contribution in [0.25, 0.3) is 0 Å². The number of hydrogen-bond acceptors (Lipinski definition) is 3. The molecule has 19 heavy (non-hydrogen) atoms. The first kappa shape index (κ1) is 14.3. The van der Waals surface area contributed by atoms with E-state index >= 15 is 0 Å². The van der Waals surface area contributed by atoms with Crippen LogP contribution in [0, 0.1) is 11.2 Å². The monoisotopic (exact) mass is 329 g/mol. The Kier molecular flexibility index (Phi) is 4.42. The van der Waals surface area contributed by atoms with E-state index in [0.29, 0.717) is 18.5 Å². The van der Waals surface area contributed by atoms with Crippen LogP contribution in [0.5, 0.6) is 0 Å². The molecule has 1 aliphatic carbocycles. The van der Waals surface area contributed by atoms with Crippen LogP contribution in [0.4, 0.5) is 4.39 Å². The molecule has 1 saturated carbocycles. The maximum absolute atomic E-state index is 13.5. The van der Waals surface area contributed by atoms with E-state index in [-0.39, 0.29) is 17.1 Å². The summed E-state index contributed by atoms with van der Waals surface area (Å²) in [4.78, 5) is 0. The van der Waals surface area contributed by atoms with Crippen LogP contribution in [0.2, 0.25) is 0 Å². The molecular weight excluding hydrogens is 313 g/mol. The van der Waals surface area contributed by atoms with E-state index in [4.69, 9.17) is 10.9 Å². The Morgan fingerprint density at radius 1 is 1.53 bits per heavy atom. The molecule has 1 aromatic carbocycles. The molecule has 1 aromatic rings. The summed E-state index contributed by atoms with van der Waals surface area (Å²) in [6.45, 7) is 1.22. The van der Waals surface area contributed by atoms with E-state index in [1.807, 2.05) is 0 Å². The standard InChI is InChI=1S/C13H17BrFN3O/c14-10-1-2-11(15)9(5-10)7-17-8-13(3-4-13)6-12(16)18-19/h1-2,5,17,19H,3-4,6-8H2,(H2,16,18). The molecule has 0 atom stereocenters. The minimum absolute atomic E-state index is 0.0821. The molecule has 104 valence electrons. The summed E-state index contributed by atoms with van der Waals surface area (Å²) in [5.41, 5.74) is 6.25. The van der Waals surface area contributed by atoms with Gasteiger partial charge in [0.15, 0.2) is 0 Å².